The van der Waals surface area contributed by atoms with E-state index >= 15 is 0 Å². The van der Waals surface area contributed by atoms with E-state index in [1.807, 2.05) is 12.1 Å². The molecule has 6 nitrogen and oxygen atoms in total. The molecule has 1 N–H and O–H groups in total. The molecule has 1 heterocycles. The smallest absolute Gasteiger partial charge is 0.240 e. The van der Waals surface area contributed by atoms with E-state index in [2.05, 4.69) is 9.62 Å². The fourth-order valence-electron chi connectivity index (χ4n) is 4.20. The summed E-state index contributed by atoms with van der Waals surface area (Å²) < 4.78 is 52.9. The number of rotatable bonds is 8. The molecule has 174 valence electrons. The number of methoxy groups -OCH3 is 2. The van der Waals surface area contributed by atoms with E-state index in [9.17, 15) is 12.8 Å². The first-order chi connectivity index (χ1) is 15.9. The van der Waals surface area contributed by atoms with Crippen molar-refractivity contribution in [1.29, 1.82) is 0 Å². The molecule has 0 spiro atoms. The van der Waals surface area contributed by atoms with Gasteiger partial charge in [0.1, 0.15) is 5.82 Å². The van der Waals surface area contributed by atoms with Crippen LogP contribution in [0.5, 0.6) is 11.5 Å². The summed E-state index contributed by atoms with van der Waals surface area (Å²) in [5.74, 6) is 0.953. The zero-order chi connectivity index (χ0) is 23.4. The normalized spacial score (nSPS) is 16.3. The van der Waals surface area contributed by atoms with Gasteiger partial charge < -0.3 is 9.47 Å². The summed E-state index contributed by atoms with van der Waals surface area (Å²) in [6, 6.07) is 18.3. The topological polar surface area (TPSA) is 67.9 Å². The number of fused-ring (bicyclic) bond motifs is 1. The number of sulfonamides is 1. The van der Waals surface area contributed by atoms with E-state index in [0.29, 0.717) is 18.0 Å². The largest absolute Gasteiger partial charge is 0.493 e. The summed E-state index contributed by atoms with van der Waals surface area (Å²) >= 11 is 0. The van der Waals surface area contributed by atoms with Crippen LogP contribution in [0.3, 0.4) is 0 Å². The van der Waals surface area contributed by atoms with Crippen molar-refractivity contribution in [3.05, 3.63) is 89.2 Å². The van der Waals surface area contributed by atoms with E-state index in [4.69, 9.17) is 9.47 Å². The molecule has 3 aromatic carbocycles. The lowest BCUT2D eigenvalue weighted by Gasteiger charge is -2.38. The molecular formula is C25H27FN2O4S. The number of benzene rings is 3. The minimum Gasteiger partial charge on any atom is -0.493 e. The van der Waals surface area contributed by atoms with Crippen molar-refractivity contribution in [3.63, 3.8) is 0 Å². The summed E-state index contributed by atoms with van der Waals surface area (Å²) in [5.41, 5.74) is 3.03. The van der Waals surface area contributed by atoms with E-state index < -0.39 is 10.0 Å². The minimum atomic E-state index is -3.67. The minimum absolute atomic E-state index is 0.181. The molecule has 1 atom stereocenters. The van der Waals surface area contributed by atoms with Crippen molar-refractivity contribution < 1.29 is 22.3 Å². The number of hydrogen-bond donors (Lipinski definition) is 1. The van der Waals surface area contributed by atoms with Gasteiger partial charge in [0, 0.05) is 25.7 Å². The van der Waals surface area contributed by atoms with Gasteiger partial charge in [-0.05, 0) is 59.5 Å². The maximum atomic E-state index is 13.4. The van der Waals surface area contributed by atoms with Gasteiger partial charge in [0.2, 0.25) is 10.0 Å². The molecular weight excluding hydrogens is 443 g/mol. The highest BCUT2D eigenvalue weighted by Gasteiger charge is 2.30. The molecule has 1 aliphatic rings. The summed E-state index contributed by atoms with van der Waals surface area (Å²) in [6.45, 7) is 1.46. The predicted molar refractivity (Wildman–Crippen MR) is 124 cm³/mol. The van der Waals surface area contributed by atoms with Gasteiger partial charge in [-0.2, -0.15) is 0 Å². The Bertz CT molecular complexity index is 1200. The summed E-state index contributed by atoms with van der Waals surface area (Å²) in [6.07, 6.45) is 0.777. The van der Waals surface area contributed by atoms with Crippen molar-refractivity contribution in [2.75, 3.05) is 27.3 Å². The van der Waals surface area contributed by atoms with E-state index in [1.54, 1.807) is 56.7 Å². The fourth-order valence-corrected chi connectivity index (χ4v) is 5.26. The van der Waals surface area contributed by atoms with Crippen molar-refractivity contribution in [2.24, 2.45) is 0 Å². The lowest BCUT2D eigenvalue weighted by atomic mass is 9.91. The molecule has 0 aromatic heterocycles. The highest BCUT2D eigenvalue weighted by molar-refractivity contribution is 7.89. The molecule has 0 saturated carbocycles. The molecule has 0 bridgehead atoms. The second kappa shape index (κ2) is 9.91. The molecule has 0 radical (unpaired) electrons. The molecule has 0 unspecified atom stereocenters. The van der Waals surface area contributed by atoms with Gasteiger partial charge in [0.15, 0.2) is 11.5 Å². The third-order valence-electron chi connectivity index (χ3n) is 5.93. The van der Waals surface area contributed by atoms with Crippen LogP contribution in [0.1, 0.15) is 22.7 Å². The van der Waals surface area contributed by atoms with Crippen molar-refractivity contribution in [2.45, 2.75) is 23.9 Å². The predicted octanol–water partition coefficient (Wildman–Crippen LogP) is 3.92. The Morgan fingerprint density at radius 1 is 1.00 bits per heavy atom. The maximum Gasteiger partial charge on any atom is 0.240 e. The number of nitrogens with zero attached hydrogens (tertiary/aromatic N) is 1. The van der Waals surface area contributed by atoms with Gasteiger partial charge in [0.05, 0.1) is 19.1 Å². The van der Waals surface area contributed by atoms with Crippen molar-refractivity contribution in [3.8, 4) is 11.5 Å². The first-order valence-electron chi connectivity index (χ1n) is 10.7. The Kier molecular flexibility index (Phi) is 6.97. The van der Waals surface area contributed by atoms with Crippen molar-refractivity contribution in [1.82, 2.24) is 9.62 Å². The van der Waals surface area contributed by atoms with E-state index in [0.717, 1.165) is 29.7 Å². The third-order valence-corrected chi connectivity index (χ3v) is 7.37. The zero-order valence-corrected chi connectivity index (χ0v) is 19.4. The molecule has 1 aliphatic heterocycles. The lowest BCUT2D eigenvalue weighted by molar-refractivity contribution is 0.176. The van der Waals surface area contributed by atoms with Gasteiger partial charge in [-0.3, -0.25) is 4.90 Å². The number of ether oxygens (including phenoxy) is 2. The van der Waals surface area contributed by atoms with E-state index in [-0.39, 0.29) is 23.3 Å². The van der Waals surface area contributed by atoms with Gasteiger partial charge in [0.25, 0.3) is 0 Å². The SMILES string of the molecule is COc1cc2c(cc1OC)[C@@H](CNS(=O)(=O)c1ccccc1)N(Cc1ccc(F)cc1)CC2. The molecule has 0 aliphatic carbocycles. The van der Waals surface area contributed by atoms with Crippen LogP contribution in [0.2, 0.25) is 0 Å². The molecule has 8 heteroatoms. The van der Waals surface area contributed by atoms with Crippen LogP contribution >= 0.6 is 0 Å². The summed E-state index contributed by atoms with van der Waals surface area (Å²) in [5, 5.41) is 0. The maximum absolute atomic E-state index is 13.4. The number of hydrogen-bond acceptors (Lipinski definition) is 5. The number of nitrogens with one attached hydrogen (secondary N) is 1. The van der Waals surface area contributed by atoms with Gasteiger partial charge in [-0.1, -0.05) is 30.3 Å². The third kappa shape index (κ3) is 5.19. The van der Waals surface area contributed by atoms with Gasteiger partial charge in [-0.15, -0.1) is 0 Å². The Morgan fingerprint density at radius 2 is 1.67 bits per heavy atom. The van der Waals surface area contributed by atoms with Crippen LogP contribution in [0, 0.1) is 5.82 Å². The van der Waals surface area contributed by atoms with Crippen LogP contribution in [0.25, 0.3) is 0 Å². The highest BCUT2D eigenvalue weighted by Crippen LogP contribution is 2.38. The van der Waals surface area contributed by atoms with Gasteiger partial charge >= 0.3 is 0 Å². The second-order valence-electron chi connectivity index (χ2n) is 7.93. The monoisotopic (exact) mass is 470 g/mol. The Morgan fingerprint density at radius 3 is 2.33 bits per heavy atom. The van der Waals surface area contributed by atoms with Crippen LogP contribution in [0.15, 0.2) is 71.6 Å². The van der Waals surface area contributed by atoms with Crippen LogP contribution < -0.4 is 14.2 Å². The van der Waals surface area contributed by atoms with Gasteiger partial charge in [-0.25, -0.2) is 17.5 Å². The highest BCUT2D eigenvalue weighted by atomic mass is 32.2. The zero-order valence-electron chi connectivity index (χ0n) is 18.6. The molecule has 0 amide bonds. The standard InChI is InChI=1S/C25H27FN2O4S/c1-31-24-14-19-12-13-28(17-18-8-10-20(26)11-9-18)23(22(19)15-25(24)32-2)16-27-33(29,30)21-6-4-3-5-7-21/h3-11,14-15,23,27H,12-13,16-17H2,1-2H3/t23-/m1/s1. The Labute approximate surface area is 194 Å². The van der Waals surface area contributed by atoms with E-state index in [1.165, 1.54) is 12.1 Å². The molecule has 0 fully saturated rings. The van der Waals surface area contributed by atoms with Crippen LogP contribution in [-0.4, -0.2) is 40.6 Å². The first kappa shape index (κ1) is 23.2. The average molecular weight is 471 g/mol. The summed E-state index contributed by atoms with van der Waals surface area (Å²) in [4.78, 5) is 2.42. The first-order valence-corrected chi connectivity index (χ1v) is 12.2. The lowest BCUT2D eigenvalue weighted by Crippen LogP contribution is -2.41. The number of halogens is 1. The van der Waals surface area contributed by atoms with Crippen LogP contribution in [0.4, 0.5) is 4.39 Å². The molecule has 4 rings (SSSR count). The average Bonchev–Trinajstić information content (AvgIpc) is 2.84. The molecule has 3 aromatic rings. The quantitative estimate of drug-likeness (QED) is 0.541. The molecule has 0 saturated heterocycles. The summed E-state index contributed by atoms with van der Waals surface area (Å²) in [7, 11) is -0.498. The second-order valence-corrected chi connectivity index (χ2v) is 9.70. The molecule has 33 heavy (non-hydrogen) atoms. The van der Waals surface area contributed by atoms with Crippen LogP contribution in [-0.2, 0) is 23.0 Å². The fraction of sp³-hybridized carbons (Fsp3) is 0.280. The van der Waals surface area contributed by atoms with Crippen molar-refractivity contribution >= 4 is 10.0 Å². The Hall–Kier alpha value is -2.94. The Balaban J connectivity index is 1.66.